The van der Waals surface area contributed by atoms with Crippen molar-refractivity contribution in [2.24, 2.45) is 5.92 Å². The molecule has 0 aliphatic carbocycles. The molecule has 10 nitrogen and oxygen atoms in total. The Hall–Kier alpha value is -3.26. The standard InChI is InChI=1S/C29H35ClF3N7O3S/c1-44(42,43)36-22-7-6-20(30)15-21(22)28(41)39-12-3-2-5-24(39)23-16-26-34-25(37-10-4-11-37)17-27(40(26)35-23)38-13-8-19(9-14-38)18-29(31,32)33/h6-7,15-17,19,24,36H,2-5,8-14,18H2,1H3/t24-/m0/s1. The Kier molecular flexibility index (Phi) is 8.33. The third-order valence-electron chi connectivity index (χ3n) is 8.66. The van der Waals surface area contributed by atoms with Crippen molar-refractivity contribution in [1.82, 2.24) is 19.5 Å². The van der Waals surface area contributed by atoms with Crippen molar-refractivity contribution >= 4 is 50.5 Å². The van der Waals surface area contributed by atoms with E-state index < -0.39 is 28.5 Å². The van der Waals surface area contributed by atoms with E-state index in [-0.39, 0.29) is 23.2 Å². The molecule has 3 aromatic rings. The molecule has 0 radical (unpaired) electrons. The van der Waals surface area contributed by atoms with Crippen molar-refractivity contribution in [1.29, 1.82) is 0 Å². The van der Waals surface area contributed by atoms with E-state index in [1.807, 2.05) is 12.1 Å². The quantitative estimate of drug-likeness (QED) is 0.359. The van der Waals surface area contributed by atoms with Crippen molar-refractivity contribution in [2.45, 2.75) is 57.2 Å². The summed E-state index contributed by atoms with van der Waals surface area (Å²) in [7, 11) is -3.65. The number of aromatic nitrogens is 3. The second kappa shape index (κ2) is 11.9. The van der Waals surface area contributed by atoms with E-state index in [1.165, 1.54) is 18.2 Å². The van der Waals surface area contributed by atoms with E-state index in [2.05, 4.69) is 14.5 Å². The number of hydrogen-bond acceptors (Lipinski definition) is 7. The fraction of sp³-hybridized carbons (Fsp3) is 0.552. The fourth-order valence-electron chi connectivity index (χ4n) is 6.37. The van der Waals surface area contributed by atoms with Crippen molar-refractivity contribution in [3.63, 3.8) is 0 Å². The molecule has 1 atom stereocenters. The van der Waals surface area contributed by atoms with Crippen LogP contribution in [0.15, 0.2) is 30.3 Å². The summed E-state index contributed by atoms with van der Waals surface area (Å²) in [6.45, 7) is 3.17. The fourth-order valence-corrected chi connectivity index (χ4v) is 7.12. The first-order valence-electron chi connectivity index (χ1n) is 14.9. The Morgan fingerprint density at radius 1 is 1.00 bits per heavy atom. The van der Waals surface area contributed by atoms with Crippen LogP contribution in [0.4, 0.5) is 30.5 Å². The molecule has 0 unspecified atom stereocenters. The number of sulfonamides is 1. The van der Waals surface area contributed by atoms with Crippen molar-refractivity contribution < 1.29 is 26.4 Å². The number of hydrogen-bond donors (Lipinski definition) is 1. The number of nitrogens with one attached hydrogen (secondary N) is 1. The molecule has 5 heterocycles. The highest BCUT2D eigenvalue weighted by atomic mass is 35.5. The third kappa shape index (κ3) is 6.70. The Bertz CT molecular complexity index is 1650. The van der Waals surface area contributed by atoms with Crippen LogP contribution < -0.4 is 14.5 Å². The maximum atomic E-state index is 14.0. The lowest BCUT2D eigenvalue weighted by Gasteiger charge is -2.36. The van der Waals surface area contributed by atoms with Gasteiger partial charge in [-0.1, -0.05) is 11.6 Å². The highest BCUT2D eigenvalue weighted by Gasteiger charge is 2.35. The maximum absolute atomic E-state index is 14.0. The Balaban J connectivity index is 1.33. The molecule has 0 saturated carbocycles. The Morgan fingerprint density at radius 3 is 2.41 bits per heavy atom. The highest BCUT2D eigenvalue weighted by Crippen LogP contribution is 2.37. The SMILES string of the molecule is CS(=O)(=O)Nc1ccc(Cl)cc1C(=O)N1CCCC[C@H]1c1cc2nc(N3CCC3)cc(N3CCC(CC(F)(F)F)CC3)n2n1. The zero-order valence-corrected chi connectivity index (χ0v) is 25.9. The number of rotatable bonds is 7. The van der Waals surface area contributed by atoms with E-state index in [4.69, 9.17) is 21.7 Å². The average Bonchev–Trinajstić information content (AvgIpc) is 3.35. The second-order valence-corrected chi connectivity index (χ2v) is 14.2. The van der Waals surface area contributed by atoms with Gasteiger partial charge in [-0.05, 0) is 62.6 Å². The van der Waals surface area contributed by atoms with E-state index >= 15 is 0 Å². The van der Waals surface area contributed by atoms with Gasteiger partial charge in [-0.15, -0.1) is 0 Å². The normalized spacial score (nSPS) is 20.2. The summed E-state index contributed by atoms with van der Waals surface area (Å²) in [5.41, 5.74) is 1.56. The van der Waals surface area contributed by atoms with Gasteiger partial charge >= 0.3 is 6.18 Å². The monoisotopic (exact) mass is 653 g/mol. The Morgan fingerprint density at radius 2 is 1.75 bits per heavy atom. The van der Waals surface area contributed by atoms with Gasteiger partial charge in [0.1, 0.15) is 11.6 Å². The van der Waals surface area contributed by atoms with Gasteiger partial charge in [-0.25, -0.2) is 13.4 Å². The molecule has 3 fully saturated rings. The number of piperidine rings is 2. The molecule has 2 aromatic heterocycles. The Labute approximate surface area is 259 Å². The van der Waals surface area contributed by atoms with Gasteiger partial charge in [0.25, 0.3) is 5.91 Å². The summed E-state index contributed by atoms with van der Waals surface area (Å²) in [5.74, 6) is 0.815. The number of likely N-dealkylation sites (tertiary alicyclic amines) is 1. The van der Waals surface area contributed by atoms with Gasteiger partial charge in [-0.3, -0.25) is 9.52 Å². The van der Waals surface area contributed by atoms with Crippen molar-refractivity contribution in [3.05, 3.63) is 46.6 Å². The zero-order valence-electron chi connectivity index (χ0n) is 24.4. The zero-order chi connectivity index (χ0) is 31.2. The molecule has 1 N–H and O–H groups in total. The molecule has 238 valence electrons. The molecule has 1 aromatic carbocycles. The molecule has 15 heteroatoms. The van der Waals surface area contributed by atoms with Crippen LogP contribution in [0.1, 0.15) is 67.0 Å². The van der Waals surface area contributed by atoms with Gasteiger partial charge in [0.15, 0.2) is 5.65 Å². The molecule has 1 amide bonds. The number of carbonyl (C=O) groups is 1. The number of benzene rings is 1. The molecule has 0 bridgehead atoms. The van der Waals surface area contributed by atoms with Gasteiger partial charge < -0.3 is 14.7 Å². The summed E-state index contributed by atoms with van der Waals surface area (Å²) in [6, 6.07) is 7.93. The number of nitrogens with zero attached hydrogens (tertiary/aromatic N) is 6. The van der Waals surface area contributed by atoms with E-state index in [9.17, 15) is 26.4 Å². The summed E-state index contributed by atoms with van der Waals surface area (Å²) in [4.78, 5) is 24.8. The van der Waals surface area contributed by atoms with Crippen LogP contribution in [0.25, 0.3) is 5.65 Å². The summed E-state index contributed by atoms with van der Waals surface area (Å²) < 4.78 is 67.3. The van der Waals surface area contributed by atoms with Gasteiger partial charge in [0, 0.05) is 56.3 Å². The smallest absolute Gasteiger partial charge is 0.356 e. The van der Waals surface area contributed by atoms with Crippen molar-refractivity contribution in [3.8, 4) is 0 Å². The molecule has 44 heavy (non-hydrogen) atoms. The molecule has 3 aliphatic rings. The molecule has 0 spiro atoms. The lowest BCUT2D eigenvalue weighted by Crippen LogP contribution is -2.39. The lowest BCUT2D eigenvalue weighted by molar-refractivity contribution is -0.145. The lowest BCUT2D eigenvalue weighted by atomic mass is 9.93. The van der Waals surface area contributed by atoms with Gasteiger partial charge in [0.05, 0.1) is 29.2 Å². The van der Waals surface area contributed by atoms with Crippen LogP contribution in [-0.2, 0) is 10.0 Å². The molecule has 3 saturated heterocycles. The minimum atomic E-state index is -4.17. The molecule has 6 rings (SSSR count). The molecular weight excluding hydrogens is 619 g/mol. The van der Waals surface area contributed by atoms with Crippen LogP contribution in [0.3, 0.4) is 0 Å². The van der Waals surface area contributed by atoms with Crippen LogP contribution in [-0.4, -0.2) is 79.0 Å². The number of anilines is 3. The van der Waals surface area contributed by atoms with E-state index in [0.29, 0.717) is 55.3 Å². The minimum absolute atomic E-state index is 0.151. The van der Waals surface area contributed by atoms with Crippen LogP contribution in [0.2, 0.25) is 5.02 Å². The summed E-state index contributed by atoms with van der Waals surface area (Å²) in [5, 5.41) is 5.25. The first-order chi connectivity index (χ1) is 20.8. The highest BCUT2D eigenvalue weighted by molar-refractivity contribution is 7.92. The van der Waals surface area contributed by atoms with E-state index in [1.54, 1.807) is 9.42 Å². The topological polar surface area (TPSA) is 103 Å². The second-order valence-electron chi connectivity index (χ2n) is 12.0. The third-order valence-corrected chi connectivity index (χ3v) is 9.49. The maximum Gasteiger partial charge on any atom is 0.389 e. The first-order valence-corrected chi connectivity index (χ1v) is 17.2. The predicted octanol–water partition coefficient (Wildman–Crippen LogP) is 5.50. The number of amides is 1. The summed E-state index contributed by atoms with van der Waals surface area (Å²) in [6.07, 6.45) is 0.324. The molecule has 3 aliphatic heterocycles. The van der Waals surface area contributed by atoms with Crippen LogP contribution in [0.5, 0.6) is 0 Å². The van der Waals surface area contributed by atoms with Gasteiger partial charge in [0.2, 0.25) is 10.0 Å². The average molecular weight is 654 g/mol. The van der Waals surface area contributed by atoms with E-state index in [0.717, 1.165) is 50.2 Å². The number of carbonyl (C=O) groups excluding carboxylic acids is 1. The van der Waals surface area contributed by atoms with Crippen LogP contribution in [0, 0.1) is 5.92 Å². The number of fused-ring (bicyclic) bond motifs is 1. The summed E-state index contributed by atoms with van der Waals surface area (Å²) >= 11 is 6.23. The number of alkyl halides is 3. The predicted molar refractivity (Wildman–Crippen MR) is 163 cm³/mol. The number of halogens is 4. The largest absolute Gasteiger partial charge is 0.389 e. The van der Waals surface area contributed by atoms with Crippen molar-refractivity contribution in [2.75, 3.05) is 53.5 Å². The van der Waals surface area contributed by atoms with Gasteiger partial charge in [-0.2, -0.15) is 22.8 Å². The molecular formula is C29H35ClF3N7O3S. The van der Waals surface area contributed by atoms with Crippen LogP contribution >= 0.6 is 11.6 Å². The minimum Gasteiger partial charge on any atom is -0.356 e. The first kappa shape index (κ1) is 30.8.